The maximum atomic E-state index is 8.43. The molecule has 0 aliphatic carbocycles. The molecule has 25 heavy (non-hydrogen) atoms. The molecular formula is C20H21Cl2N3. The van der Waals surface area contributed by atoms with Gasteiger partial charge in [-0.05, 0) is 35.6 Å². The third kappa shape index (κ3) is 4.06. The number of nitrogens with zero attached hydrogens (tertiary/aromatic N) is 1. The first-order valence-corrected chi connectivity index (χ1v) is 8.33. The molecule has 0 aromatic heterocycles. The van der Waals surface area contributed by atoms with Crippen molar-refractivity contribution < 1.29 is 0 Å². The molecule has 3 nitrogen and oxygen atoms in total. The van der Waals surface area contributed by atoms with Crippen LogP contribution in [-0.4, -0.2) is 13.0 Å². The molecule has 0 unspecified atom stereocenters. The third-order valence-corrected chi connectivity index (χ3v) is 4.48. The molecule has 0 amide bonds. The van der Waals surface area contributed by atoms with Gasteiger partial charge < -0.3 is 10.2 Å². The van der Waals surface area contributed by atoms with E-state index >= 15 is 0 Å². The molecule has 0 saturated heterocycles. The predicted octanol–water partition coefficient (Wildman–Crippen LogP) is 5.96. The van der Waals surface area contributed by atoms with Crippen LogP contribution in [0.5, 0.6) is 0 Å². The Morgan fingerprint density at radius 3 is 2.56 bits per heavy atom. The number of halogens is 2. The van der Waals surface area contributed by atoms with Crippen molar-refractivity contribution in [3.63, 3.8) is 0 Å². The fourth-order valence-electron chi connectivity index (χ4n) is 2.70. The van der Waals surface area contributed by atoms with E-state index in [1.807, 2.05) is 49.5 Å². The molecule has 3 aromatic carbocycles. The van der Waals surface area contributed by atoms with Crippen molar-refractivity contribution in [3.8, 4) is 0 Å². The van der Waals surface area contributed by atoms with Crippen LogP contribution in [0.1, 0.15) is 12.5 Å². The van der Waals surface area contributed by atoms with Gasteiger partial charge >= 0.3 is 0 Å². The van der Waals surface area contributed by atoms with E-state index in [2.05, 4.69) is 30.4 Å². The Kier molecular flexibility index (Phi) is 6.29. The van der Waals surface area contributed by atoms with Crippen LogP contribution in [-0.2, 0) is 6.42 Å². The molecule has 0 aliphatic heterocycles. The number of guanidine groups is 1. The van der Waals surface area contributed by atoms with E-state index in [1.165, 1.54) is 5.56 Å². The van der Waals surface area contributed by atoms with Crippen molar-refractivity contribution in [1.82, 2.24) is 0 Å². The summed E-state index contributed by atoms with van der Waals surface area (Å²) in [6.07, 6.45) is 0.933. The SMILES string of the molecule is CCc1ccc(Cl)c(N(C)C(=N)Nc2cccc3ccccc23)c1.Cl. The quantitative estimate of drug-likeness (QED) is 0.439. The van der Waals surface area contributed by atoms with Crippen molar-refractivity contribution in [2.75, 3.05) is 17.3 Å². The topological polar surface area (TPSA) is 39.1 Å². The Morgan fingerprint density at radius 2 is 1.80 bits per heavy atom. The number of aryl methyl sites for hydroxylation is 1. The van der Waals surface area contributed by atoms with Gasteiger partial charge in [0.25, 0.3) is 0 Å². The van der Waals surface area contributed by atoms with E-state index in [0.717, 1.165) is 28.6 Å². The maximum Gasteiger partial charge on any atom is 0.199 e. The van der Waals surface area contributed by atoms with Gasteiger partial charge in [-0.15, -0.1) is 12.4 Å². The average molecular weight is 374 g/mol. The highest BCUT2D eigenvalue weighted by atomic mass is 35.5. The lowest BCUT2D eigenvalue weighted by molar-refractivity contribution is 1.13. The van der Waals surface area contributed by atoms with Crippen LogP contribution in [0.2, 0.25) is 5.02 Å². The number of rotatable bonds is 3. The van der Waals surface area contributed by atoms with Crippen LogP contribution < -0.4 is 10.2 Å². The number of hydrogen-bond donors (Lipinski definition) is 2. The standard InChI is InChI=1S/C20H20ClN3.ClH/c1-3-14-11-12-17(21)19(13-14)24(2)20(22)23-18-10-6-8-15-7-4-5-9-16(15)18;/h4-13H,3H2,1-2H3,(H2,22,23);1H. The molecular weight excluding hydrogens is 353 g/mol. The van der Waals surface area contributed by atoms with E-state index in [-0.39, 0.29) is 18.4 Å². The monoisotopic (exact) mass is 373 g/mol. The minimum absolute atomic E-state index is 0. The molecule has 3 aromatic rings. The molecule has 0 radical (unpaired) electrons. The smallest absolute Gasteiger partial charge is 0.199 e. The predicted molar refractivity (Wildman–Crippen MR) is 112 cm³/mol. The van der Waals surface area contributed by atoms with Crippen LogP contribution in [0.3, 0.4) is 0 Å². The van der Waals surface area contributed by atoms with Gasteiger partial charge in [0.15, 0.2) is 5.96 Å². The van der Waals surface area contributed by atoms with Gasteiger partial charge in [0.05, 0.1) is 10.7 Å². The summed E-state index contributed by atoms with van der Waals surface area (Å²) in [6, 6.07) is 20.1. The lowest BCUT2D eigenvalue weighted by Gasteiger charge is -2.23. The number of hydrogen-bond acceptors (Lipinski definition) is 1. The molecule has 3 rings (SSSR count). The minimum Gasteiger partial charge on any atom is -0.326 e. The Morgan fingerprint density at radius 1 is 1.08 bits per heavy atom. The second-order valence-corrected chi connectivity index (χ2v) is 6.11. The van der Waals surface area contributed by atoms with Crippen LogP contribution in [0.4, 0.5) is 11.4 Å². The second kappa shape index (κ2) is 8.24. The van der Waals surface area contributed by atoms with Crippen molar-refractivity contribution in [2.24, 2.45) is 0 Å². The normalized spacial score (nSPS) is 10.2. The molecule has 0 saturated carbocycles. The van der Waals surface area contributed by atoms with Crippen molar-refractivity contribution in [2.45, 2.75) is 13.3 Å². The van der Waals surface area contributed by atoms with Gasteiger partial charge in [0.1, 0.15) is 0 Å². The van der Waals surface area contributed by atoms with Crippen molar-refractivity contribution in [1.29, 1.82) is 5.41 Å². The summed E-state index contributed by atoms with van der Waals surface area (Å²) in [4.78, 5) is 1.77. The van der Waals surface area contributed by atoms with Crippen molar-refractivity contribution in [3.05, 3.63) is 71.2 Å². The number of nitrogens with one attached hydrogen (secondary N) is 2. The number of fused-ring (bicyclic) bond motifs is 1. The zero-order chi connectivity index (χ0) is 17.1. The molecule has 0 atom stereocenters. The molecule has 2 N–H and O–H groups in total. The van der Waals surface area contributed by atoms with Gasteiger partial charge in [-0.2, -0.15) is 0 Å². The fourth-order valence-corrected chi connectivity index (χ4v) is 2.95. The second-order valence-electron chi connectivity index (χ2n) is 5.70. The van der Waals surface area contributed by atoms with E-state index in [4.69, 9.17) is 17.0 Å². The molecule has 0 bridgehead atoms. The van der Waals surface area contributed by atoms with Gasteiger partial charge in [0, 0.05) is 18.1 Å². The molecule has 5 heteroatoms. The highest BCUT2D eigenvalue weighted by molar-refractivity contribution is 6.34. The van der Waals surface area contributed by atoms with E-state index in [9.17, 15) is 0 Å². The van der Waals surface area contributed by atoms with E-state index < -0.39 is 0 Å². The summed E-state index contributed by atoms with van der Waals surface area (Å²) in [5.41, 5.74) is 2.93. The van der Waals surface area contributed by atoms with Gasteiger partial charge in [-0.25, -0.2) is 0 Å². The van der Waals surface area contributed by atoms with E-state index in [0.29, 0.717) is 5.02 Å². The average Bonchev–Trinajstić information content (AvgIpc) is 2.62. The largest absolute Gasteiger partial charge is 0.326 e. The summed E-state index contributed by atoms with van der Waals surface area (Å²) in [5.74, 6) is 0.279. The fraction of sp³-hybridized carbons (Fsp3) is 0.150. The summed E-state index contributed by atoms with van der Waals surface area (Å²) in [6.45, 7) is 2.10. The van der Waals surface area contributed by atoms with Gasteiger partial charge in [-0.1, -0.05) is 61.0 Å². The molecule has 0 heterocycles. The van der Waals surface area contributed by atoms with Gasteiger partial charge in [-0.3, -0.25) is 5.41 Å². The molecule has 0 fully saturated rings. The zero-order valence-corrected chi connectivity index (χ0v) is 15.8. The van der Waals surface area contributed by atoms with Crippen LogP contribution in [0.25, 0.3) is 10.8 Å². The number of benzene rings is 3. The highest BCUT2D eigenvalue weighted by Gasteiger charge is 2.12. The Labute approximate surface area is 159 Å². The minimum atomic E-state index is 0. The molecule has 130 valence electrons. The zero-order valence-electron chi connectivity index (χ0n) is 14.2. The Bertz CT molecular complexity index is 888. The van der Waals surface area contributed by atoms with Gasteiger partial charge in [0.2, 0.25) is 0 Å². The molecule has 0 spiro atoms. The summed E-state index contributed by atoms with van der Waals surface area (Å²) in [5, 5.41) is 14.5. The first kappa shape index (κ1) is 19.1. The van der Waals surface area contributed by atoms with E-state index in [1.54, 1.807) is 4.90 Å². The summed E-state index contributed by atoms with van der Waals surface area (Å²) < 4.78 is 0. The Hall–Kier alpha value is -2.23. The first-order valence-electron chi connectivity index (χ1n) is 7.95. The molecule has 0 aliphatic rings. The van der Waals surface area contributed by atoms with Crippen LogP contribution in [0, 0.1) is 5.41 Å². The summed E-state index contributed by atoms with van der Waals surface area (Å²) in [7, 11) is 1.85. The lowest BCUT2D eigenvalue weighted by atomic mass is 10.1. The van der Waals surface area contributed by atoms with Crippen LogP contribution >= 0.6 is 24.0 Å². The lowest BCUT2D eigenvalue weighted by Crippen LogP contribution is -2.32. The number of anilines is 2. The van der Waals surface area contributed by atoms with Crippen molar-refractivity contribution >= 4 is 52.1 Å². The maximum absolute atomic E-state index is 8.43. The Balaban J connectivity index is 0.00000225. The third-order valence-electron chi connectivity index (χ3n) is 4.16. The first-order chi connectivity index (χ1) is 11.6. The highest BCUT2D eigenvalue weighted by Crippen LogP contribution is 2.28. The summed E-state index contributed by atoms with van der Waals surface area (Å²) >= 11 is 6.32. The van der Waals surface area contributed by atoms with Crippen LogP contribution in [0.15, 0.2) is 60.7 Å².